The van der Waals surface area contributed by atoms with Crippen molar-refractivity contribution in [1.82, 2.24) is 14.8 Å². The van der Waals surface area contributed by atoms with Crippen LogP contribution in [0.1, 0.15) is 44.5 Å². The van der Waals surface area contributed by atoms with Crippen LogP contribution in [-0.4, -0.2) is 58.7 Å². The van der Waals surface area contributed by atoms with Crippen molar-refractivity contribution in [3.8, 4) is 11.1 Å². The van der Waals surface area contributed by atoms with Crippen molar-refractivity contribution in [1.29, 1.82) is 0 Å². The molecule has 0 radical (unpaired) electrons. The zero-order chi connectivity index (χ0) is 29.4. The molecule has 0 saturated heterocycles. The van der Waals surface area contributed by atoms with Crippen LogP contribution < -0.4 is 16.8 Å². The number of benzene rings is 2. The first-order chi connectivity index (χ1) is 19.0. The van der Waals surface area contributed by atoms with E-state index in [4.69, 9.17) is 11.5 Å². The van der Waals surface area contributed by atoms with Gasteiger partial charge in [0.25, 0.3) is 0 Å². The first-order valence-corrected chi connectivity index (χ1v) is 13.3. The Labute approximate surface area is 234 Å². The molecule has 0 spiro atoms. The lowest BCUT2D eigenvalue weighted by Crippen LogP contribution is -2.48. The molecule has 1 aromatic heterocycles. The minimum Gasteiger partial charge on any atom is -0.387 e. The van der Waals surface area contributed by atoms with Crippen molar-refractivity contribution in [3.05, 3.63) is 83.7 Å². The van der Waals surface area contributed by atoms with Crippen LogP contribution in [0.4, 0.5) is 8.78 Å². The zero-order valence-corrected chi connectivity index (χ0v) is 23.2. The molecule has 0 aliphatic rings. The maximum atomic E-state index is 14.8. The second kappa shape index (κ2) is 13.6. The van der Waals surface area contributed by atoms with E-state index >= 15 is 0 Å². The minimum absolute atomic E-state index is 0.0821. The largest absolute Gasteiger partial charge is 0.387 e. The molecule has 0 unspecified atom stereocenters. The van der Waals surface area contributed by atoms with Crippen LogP contribution in [0.5, 0.6) is 0 Å². The van der Waals surface area contributed by atoms with Crippen molar-refractivity contribution in [2.75, 3.05) is 26.2 Å². The van der Waals surface area contributed by atoms with Gasteiger partial charge in [-0.2, -0.15) is 0 Å². The Bertz CT molecular complexity index is 1290. The number of nitrogens with two attached hydrogens (primary N) is 2. The number of nitrogens with zero attached hydrogens (tertiary/aromatic N) is 2. The molecule has 0 bridgehead atoms. The highest BCUT2D eigenvalue weighted by Gasteiger charge is 2.37. The molecule has 3 aromatic rings. The summed E-state index contributed by atoms with van der Waals surface area (Å²) in [6, 6.07) is 13.2. The molecule has 8 nitrogen and oxygen atoms in total. The van der Waals surface area contributed by atoms with Gasteiger partial charge in [-0.15, -0.1) is 0 Å². The maximum absolute atomic E-state index is 14.8. The van der Waals surface area contributed by atoms with Gasteiger partial charge in [0.1, 0.15) is 18.2 Å². The molecule has 10 heteroatoms. The Hall–Kier alpha value is -3.60. The Kier molecular flexibility index (Phi) is 10.6. The molecule has 0 aliphatic carbocycles. The maximum Gasteiger partial charge on any atom is 0.248 e. The number of amides is 2. The summed E-state index contributed by atoms with van der Waals surface area (Å²) in [7, 11) is 0. The number of hydrogen-bond donors (Lipinski definition) is 4. The molecule has 2 aromatic carbocycles. The third-order valence-electron chi connectivity index (χ3n) is 6.69. The lowest BCUT2D eigenvalue weighted by atomic mass is 9.82. The molecule has 2 amide bonds. The van der Waals surface area contributed by atoms with Crippen molar-refractivity contribution < 1.29 is 23.5 Å². The Balaban J connectivity index is 2.10. The molecule has 0 aliphatic heterocycles. The lowest BCUT2D eigenvalue weighted by Gasteiger charge is -2.41. The van der Waals surface area contributed by atoms with E-state index < -0.39 is 41.6 Å². The van der Waals surface area contributed by atoms with E-state index in [1.54, 1.807) is 12.3 Å². The second-order valence-corrected chi connectivity index (χ2v) is 10.9. The van der Waals surface area contributed by atoms with Gasteiger partial charge < -0.3 is 31.4 Å². The third kappa shape index (κ3) is 7.74. The van der Waals surface area contributed by atoms with Crippen LogP contribution in [0.25, 0.3) is 11.1 Å². The highest BCUT2D eigenvalue weighted by molar-refractivity contribution is 5.82. The number of carbonyl (C=O) groups excluding carboxylic acids is 2. The highest BCUT2D eigenvalue weighted by atomic mass is 19.1. The van der Waals surface area contributed by atoms with Crippen molar-refractivity contribution in [2.45, 2.75) is 45.8 Å². The van der Waals surface area contributed by atoms with Crippen molar-refractivity contribution in [2.24, 2.45) is 16.9 Å². The summed E-state index contributed by atoms with van der Waals surface area (Å²) in [5.74, 6) is -2.07. The summed E-state index contributed by atoms with van der Waals surface area (Å²) in [5.41, 5.74) is 13.2. The van der Waals surface area contributed by atoms with Crippen LogP contribution in [0, 0.1) is 17.0 Å². The van der Waals surface area contributed by atoms with E-state index in [-0.39, 0.29) is 37.5 Å². The molecule has 40 heavy (non-hydrogen) atoms. The Morgan fingerprint density at radius 1 is 1.10 bits per heavy atom. The van der Waals surface area contributed by atoms with Gasteiger partial charge in [0.15, 0.2) is 0 Å². The van der Waals surface area contributed by atoms with Crippen LogP contribution >= 0.6 is 0 Å². The predicted molar refractivity (Wildman–Crippen MR) is 151 cm³/mol. The van der Waals surface area contributed by atoms with Crippen LogP contribution in [0.2, 0.25) is 0 Å². The van der Waals surface area contributed by atoms with Crippen molar-refractivity contribution >= 4 is 11.8 Å². The standard InChI is InChI=1S/C30H39F2N5O3/c1-30(2,3)28(37(27(39)19-38)14-11-25(34)29(40)35-13-12-33)26-15-21(23-16-22(31)9-10-24(23)32)18-36(26)17-20-7-5-4-6-8-20/h4-10,15-16,18,25,28,38H,11-14,17,19,33-34H2,1-3H3,(H,35,40)/t25-,28-/m0/s1. The number of rotatable bonds is 12. The fourth-order valence-electron chi connectivity index (χ4n) is 4.84. The topological polar surface area (TPSA) is 127 Å². The van der Waals surface area contributed by atoms with E-state index in [0.29, 0.717) is 17.8 Å². The monoisotopic (exact) mass is 555 g/mol. The van der Waals surface area contributed by atoms with E-state index in [1.807, 2.05) is 55.7 Å². The van der Waals surface area contributed by atoms with Gasteiger partial charge in [0.05, 0.1) is 12.1 Å². The normalized spacial score (nSPS) is 13.1. The lowest BCUT2D eigenvalue weighted by molar-refractivity contribution is -0.140. The van der Waals surface area contributed by atoms with Gasteiger partial charge >= 0.3 is 0 Å². The van der Waals surface area contributed by atoms with Gasteiger partial charge in [-0.3, -0.25) is 9.59 Å². The summed E-state index contributed by atoms with van der Waals surface area (Å²) in [6.07, 6.45) is 1.88. The van der Waals surface area contributed by atoms with E-state index in [2.05, 4.69) is 5.32 Å². The Morgan fingerprint density at radius 2 is 1.80 bits per heavy atom. The fourth-order valence-corrected chi connectivity index (χ4v) is 4.84. The Morgan fingerprint density at radius 3 is 2.42 bits per heavy atom. The molecular weight excluding hydrogens is 516 g/mol. The third-order valence-corrected chi connectivity index (χ3v) is 6.69. The van der Waals surface area contributed by atoms with Gasteiger partial charge in [-0.1, -0.05) is 51.1 Å². The molecule has 1 heterocycles. The summed E-state index contributed by atoms with van der Waals surface area (Å²) >= 11 is 0. The molecule has 0 fully saturated rings. The molecule has 2 atom stereocenters. The number of aliphatic hydroxyl groups is 1. The number of nitrogens with one attached hydrogen (secondary N) is 1. The summed E-state index contributed by atoms with van der Waals surface area (Å²) < 4.78 is 30.9. The van der Waals surface area contributed by atoms with Gasteiger partial charge in [0.2, 0.25) is 11.8 Å². The fraction of sp³-hybridized carbons (Fsp3) is 0.400. The summed E-state index contributed by atoms with van der Waals surface area (Å²) in [4.78, 5) is 27.0. The average Bonchev–Trinajstić information content (AvgIpc) is 3.32. The zero-order valence-electron chi connectivity index (χ0n) is 23.2. The molecule has 6 N–H and O–H groups in total. The van der Waals surface area contributed by atoms with E-state index in [1.165, 1.54) is 4.90 Å². The van der Waals surface area contributed by atoms with Gasteiger partial charge in [-0.25, -0.2) is 8.78 Å². The number of carbonyl (C=O) groups is 2. The first-order valence-electron chi connectivity index (χ1n) is 13.3. The summed E-state index contributed by atoms with van der Waals surface area (Å²) in [5, 5.41) is 12.5. The second-order valence-electron chi connectivity index (χ2n) is 10.9. The van der Waals surface area contributed by atoms with Crippen LogP contribution in [0.3, 0.4) is 0 Å². The quantitative estimate of drug-likeness (QED) is 0.273. The molecule has 0 saturated carbocycles. The average molecular weight is 556 g/mol. The van der Waals surface area contributed by atoms with E-state index in [9.17, 15) is 23.5 Å². The van der Waals surface area contributed by atoms with Gasteiger partial charge in [0, 0.05) is 49.2 Å². The van der Waals surface area contributed by atoms with E-state index in [0.717, 1.165) is 23.8 Å². The summed E-state index contributed by atoms with van der Waals surface area (Å²) in [6.45, 7) is 6.14. The number of aromatic nitrogens is 1. The molecular formula is C30H39F2N5O3. The number of hydrogen-bond acceptors (Lipinski definition) is 5. The van der Waals surface area contributed by atoms with Crippen LogP contribution in [-0.2, 0) is 16.1 Å². The SMILES string of the molecule is CC(C)(C)[C@H](c1cc(-c2cc(F)ccc2F)cn1Cc1ccccc1)N(CC[C@H](N)C(=O)NCCN)C(=O)CO. The predicted octanol–water partition coefficient (Wildman–Crippen LogP) is 3.18. The molecule has 3 rings (SSSR count). The smallest absolute Gasteiger partial charge is 0.248 e. The molecule has 216 valence electrons. The van der Waals surface area contributed by atoms with Crippen LogP contribution in [0.15, 0.2) is 60.8 Å². The van der Waals surface area contributed by atoms with Crippen molar-refractivity contribution in [3.63, 3.8) is 0 Å². The number of aliphatic hydroxyl groups excluding tert-OH is 1. The number of halogens is 2. The minimum atomic E-state index is -0.894. The van der Waals surface area contributed by atoms with Gasteiger partial charge in [-0.05, 0) is 41.7 Å². The highest BCUT2D eigenvalue weighted by Crippen LogP contribution is 2.41. The first kappa shape index (κ1) is 30.9.